The van der Waals surface area contributed by atoms with Gasteiger partial charge in [0.25, 0.3) is 0 Å². The summed E-state index contributed by atoms with van der Waals surface area (Å²) >= 11 is 0. The predicted octanol–water partition coefficient (Wildman–Crippen LogP) is 15.4. The smallest absolute Gasteiger partial charge is 0.481 e. The molecule has 0 unspecified atom stereocenters. The monoisotopic (exact) mass is 1640 g/mol. The van der Waals surface area contributed by atoms with Crippen LogP contribution in [0.1, 0.15) is 169 Å². The van der Waals surface area contributed by atoms with Gasteiger partial charge in [-0.25, -0.2) is 31.1 Å². The summed E-state index contributed by atoms with van der Waals surface area (Å²) in [5, 5.41) is 12.1. The van der Waals surface area contributed by atoms with Crippen molar-refractivity contribution in [3.8, 4) is 11.5 Å². The lowest BCUT2D eigenvalue weighted by molar-refractivity contribution is -0.190. The first-order valence-electron chi connectivity index (χ1n) is 37.8. The highest BCUT2D eigenvalue weighted by atomic mass is 19.4. The van der Waals surface area contributed by atoms with Crippen LogP contribution in [0.5, 0.6) is 11.5 Å². The number of allylic oxidation sites excluding steroid dienone is 6. The number of carboxylic acid groups (broad SMARTS) is 1. The number of benzene rings is 2. The number of amides is 5. The van der Waals surface area contributed by atoms with Crippen molar-refractivity contribution in [2.45, 2.75) is 223 Å². The molecule has 1 saturated heterocycles. The van der Waals surface area contributed by atoms with E-state index in [2.05, 4.69) is 54.6 Å². The van der Waals surface area contributed by atoms with Gasteiger partial charge in [-0.05, 0) is 60.7 Å². The van der Waals surface area contributed by atoms with Crippen molar-refractivity contribution in [1.82, 2.24) is 24.9 Å². The number of carboxylic acids is 1. The quantitative estimate of drug-likeness (QED) is 0.0212. The first-order valence-corrected chi connectivity index (χ1v) is 37.8. The number of methoxy groups -OCH3 is 4. The number of hydrogen-bond acceptors (Lipinski definition) is 14. The van der Waals surface area contributed by atoms with E-state index < -0.39 is 137 Å². The van der Waals surface area contributed by atoms with Crippen LogP contribution < -0.4 is 14.8 Å². The van der Waals surface area contributed by atoms with E-state index in [4.69, 9.17) is 24.1 Å². The van der Waals surface area contributed by atoms with Crippen LogP contribution in [0, 0.1) is 123 Å². The molecule has 0 radical (unpaired) electrons. The van der Waals surface area contributed by atoms with Gasteiger partial charge in [0.15, 0.2) is 0 Å². The lowest BCUT2D eigenvalue weighted by atomic mass is 9.88. The van der Waals surface area contributed by atoms with Crippen molar-refractivity contribution in [3.63, 3.8) is 0 Å². The van der Waals surface area contributed by atoms with Gasteiger partial charge in [-0.1, -0.05) is 166 Å². The molecule has 2 aliphatic rings. The van der Waals surface area contributed by atoms with Crippen molar-refractivity contribution in [3.05, 3.63) is 94.6 Å². The normalized spacial score (nSPS) is 17.3. The number of alkyl halides is 3. The van der Waals surface area contributed by atoms with Gasteiger partial charge in [-0.15, -0.1) is 0 Å². The van der Waals surface area contributed by atoms with Crippen LogP contribution in [0.3, 0.4) is 0 Å². The zero-order valence-electron chi connectivity index (χ0n) is 69.1. The Morgan fingerprint density at radius 2 is 0.823 bits per heavy atom. The molecule has 33 heteroatoms. The molecule has 5 amide bonds. The molecule has 20 nitrogen and oxygen atoms in total. The average molecular weight is 1640 g/mol. The third-order valence-electron chi connectivity index (χ3n) is 21.4. The molecule has 4 rings (SSSR count). The zero-order valence-corrected chi connectivity index (χ0v) is 69.1. The van der Waals surface area contributed by atoms with E-state index in [1.165, 1.54) is 19.1 Å². The van der Waals surface area contributed by atoms with E-state index in [9.17, 15) is 95.4 Å². The molecule has 1 fully saturated rings. The second-order valence-electron chi connectivity index (χ2n) is 29.7. The fourth-order valence-corrected chi connectivity index (χ4v) is 12.9. The zero-order chi connectivity index (χ0) is 87.3. The maximum atomic E-state index is 13.8. The summed E-state index contributed by atoms with van der Waals surface area (Å²) in [6.45, 7) is 32.6. The number of aliphatic carboxylic acids is 1. The largest absolute Gasteiger partial charge is 0.491 e. The first-order chi connectivity index (χ1) is 52.5. The van der Waals surface area contributed by atoms with E-state index in [1.807, 2.05) is 117 Å². The van der Waals surface area contributed by atoms with Gasteiger partial charge in [0, 0.05) is 80.4 Å². The number of esters is 2. The molecule has 2 aromatic carbocycles. The highest BCUT2D eigenvalue weighted by Gasteiger charge is 2.46. The molecule has 1 aliphatic heterocycles. The minimum Gasteiger partial charge on any atom is -0.481 e. The molecular weight excluding hydrogens is 1520 g/mol. The Morgan fingerprint density at radius 1 is 0.487 bits per heavy atom. The van der Waals surface area contributed by atoms with Crippen LogP contribution in [0.15, 0.2) is 36.5 Å². The molecule has 113 heavy (non-hydrogen) atoms. The molecule has 15 atom stereocenters. The van der Waals surface area contributed by atoms with Crippen molar-refractivity contribution in [2.24, 2.45) is 65.1 Å². The summed E-state index contributed by atoms with van der Waals surface area (Å²) < 4.78 is 196. The Morgan fingerprint density at radius 3 is 1.14 bits per heavy atom. The van der Waals surface area contributed by atoms with E-state index in [1.54, 1.807) is 40.1 Å². The summed E-state index contributed by atoms with van der Waals surface area (Å²) in [6, 6.07) is -1.26. The molecule has 2 N–H and O–H groups in total. The molecular formula is C80H118F13N5O15. The number of halogens is 13. The molecule has 0 aromatic heterocycles. The third kappa shape index (κ3) is 29.2. The van der Waals surface area contributed by atoms with Crippen LogP contribution in [0.25, 0.3) is 0 Å². The van der Waals surface area contributed by atoms with Crippen LogP contribution >= 0.6 is 0 Å². The average Bonchev–Trinajstić information content (AvgIpc) is 1.32. The summed E-state index contributed by atoms with van der Waals surface area (Å²) in [6.07, 6.45) is 8.66. The number of hydrogen-bond donors (Lipinski definition) is 2. The minimum absolute atomic E-state index is 0.0226. The number of likely N-dealkylation sites (N-methyl/N-ethyl adjacent to an activating group) is 3. The topological polar surface area (TPSA) is 237 Å². The number of nitrogens with zero attached hydrogens (tertiary/aromatic N) is 4. The minimum atomic E-state index is -5.65. The van der Waals surface area contributed by atoms with Crippen molar-refractivity contribution in [2.75, 3.05) is 62.7 Å². The molecule has 644 valence electrons. The standard InChI is InChI=1S/C34H57N3O5.C22H30F5NO4.C16H31NO4.C8F8O2/c1-10-24(4)31(36(7)34(40)25(5)23(2)3)29(41-8)22-30(38)37-21-15-18-28(37)32(42-9)26(6)33(39)35-20-19-27-16-13-11-12-14-17-27;1-8-11(4)20(28(6)22(30)12(5)10(2)3)13(31-7)9-14(29)32-21-18(26)16(24)15(23)17(25)19(21)27;1-8-11(4)15(13(21-7)9-14(18)19)17(6)16(20)12(5)10(2)3;9-1-2(10)4(12)6(5(13)3(1)11)18-7(17)8(14,15)16/h11-14,16-17,23-29,31-32H,10,15,18-22H2,1-9H3,(H,35,39);10-13,20H,8-9H2,1-7H3;10-13,15H,8-9H2,1-7H3,(H,18,19);/t24-,25-,26+,28-,29+,31-,32+;11-,12-,13+,20-;11-,12-,13+,15-;/m000./s1. The maximum absolute atomic E-state index is 13.8. The van der Waals surface area contributed by atoms with E-state index in [-0.39, 0.29) is 120 Å². The number of likely N-dealkylation sites (tertiary alicyclic amines) is 1. The summed E-state index contributed by atoms with van der Waals surface area (Å²) in [5.41, 5.74) is 0. The molecule has 0 saturated carbocycles. The highest BCUT2D eigenvalue weighted by Crippen LogP contribution is 2.35. The van der Waals surface area contributed by atoms with E-state index in [0.29, 0.717) is 19.5 Å². The molecule has 1 aliphatic carbocycles. The first kappa shape index (κ1) is 103. The number of carbonyl (C=O) groups excluding carboxylic acids is 7. The SMILES string of the molecule is CC[C@H](C)[C@@H]([C@@H](CC(=O)N1CCC[C@H]1[C@H](OC)[C@@H](C)C(=O)NCCC1C=CC=CC=C1)OC)N(C)C(=O)[C@@H](C)C(C)C.CC[C@H](C)[C@@H]([C@@H](CC(=O)O)OC)N(C)C(=O)[C@@H](C)C(C)C.CC[C@H](C)[C@@H]([C@@H](CC(=O)Oc1c(F)c(F)c(F)c(F)c1F)OC)N(C)C(=O)[C@@H](C)C(C)C.O=C(Oc1c(F)c(F)c(F)c(F)c1F)C(F)(F)F. The van der Waals surface area contributed by atoms with E-state index in [0.717, 1.165) is 32.1 Å². The molecule has 1 heterocycles. The summed E-state index contributed by atoms with van der Waals surface area (Å²) in [4.78, 5) is 106. The fraction of sp³-hybridized carbons (Fsp3) is 0.675. The lowest BCUT2D eigenvalue weighted by Gasteiger charge is -2.40. The third-order valence-corrected chi connectivity index (χ3v) is 21.4. The van der Waals surface area contributed by atoms with Crippen LogP contribution in [0.4, 0.5) is 57.1 Å². The van der Waals surface area contributed by atoms with Gasteiger partial charge in [0.2, 0.25) is 99.2 Å². The van der Waals surface area contributed by atoms with Crippen LogP contribution in [-0.4, -0.2) is 190 Å². The van der Waals surface area contributed by atoms with Gasteiger partial charge < -0.3 is 58.4 Å². The maximum Gasteiger partial charge on any atom is 0.491 e. The second kappa shape index (κ2) is 48.7. The van der Waals surface area contributed by atoms with Crippen molar-refractivity contribution < 1.29 is 129 Å². The number of rotatable bonds is 36. The van der Waals surface area contributed by atoms with Crippen molar-refractivity contribution >= 4 is 47.4 Å². The Labute approximate surface area is 656 Å². The van der Waals surface area contributed by atoms with Gasteiger partial charge in [-0.3, -0.25) is 33.6 Å². The Balaban J connectivity index is 0.000000795. The molecule has 0 bridgehead atoms. The van der Waals surface area contributed by atoms with Crippen LogP contribution in [-0.2, 0) is 57.3 Å². The van der Waals surface area contributed by atoms with Gasteiger partial charge in [-0.2, -0.15) is 30.7 Å². The van der Waals surface area contributed by atoms with E-state index >= 15 is 0 Å². The second-order valence-corrected chi connectivity index (χ2v) is 29.7. The Bertz CT molecular complexity index is 3450. The molecule has 2 aromatic rings. The number of nitrogens with one attached hydrogen (secondary N) is 1. The summed E-state index contributed by atoms with van der Waals surface area (Å²) in [5.74, 6) is -33.7. The van der Waals surface area contributed by atoms with Gasteiger partial charge in [0.05, 0.1) is 73.8 Å². The fourth-order valence-electron chi connectivity index (χ4n) is 12.9. The highest BCUT2D eigenvalue weighted by molar-refractivity contribution is 5.82. The number of ether oxygens (including phenoxy) is 6. The molecule has 0 spiro atoms. The Hall–Kier alpha value is -7.65. The van der Waals surface area contributed by atoms with Crippen molar-refractivity contribution in [1.29, 1.82) is 0 Å². The lowest BCUT2D eigenvalue weighted by Crippen LogP contribution is -2.54. The predicted molar refractivity (Wildman–Crippen MR) is 397 cm³/mol. The number of carbonyl (C=O) groups is 8. The van der Waals surface area contributed by atoms with Crippen LogP contribution in [0.2, 0.25) is 0 Å². The van der Waals surface area contributed by atoms with Gasteiger partial charge >= 0.3 is 24.1 Å². The summed E-state index contributed by atoms with van der Waals surface area (Å²) in [7, 11) is 11.2. The van der Waals surface area contributed by atoms with Gasteiger partial charge in [0.1, 0.15) is 0 Å². The Kier molecular flexibility index (Phi) is 44.5.